The molecule has 0 bridgehead atoms. The van der Waals surface area contributed by atoms with Gasteiger partial charge in [0, 0.05) is 24.7 Å². The van der Waals surface area contributed by atoms with Gasteiger partial charge in [-0.1, -0.05) is 6.42 Å². The molecule has 21 heavy (non-hydrogen) atoms. The van der Waals surface area contributed by atoms with E-state index in [1.165, 1.54) is 19.3 Å². The van der Waals surface area contributed by atoms with Gasteiger partial charge in [0.25, 0.3) is 0 Å². The van der Waals surface area contributed by atoms with E-state index in [0.717, 1.165) is 41.8 Å². The van der Waals surface area contributed by atoms with Gasteiger partial charge in [0.15, 0.2) is 17.3 Å². The fourth-order valence-corrected chi connectivity index (χ4v) is 2.86. The van der Waals surface area contributed by atoms with E-state index in [4.69, 9.17) is 9.47 Å². The summed E-state index contributed by atoms with van der Waals surface area (Å²) in [6.07, 6.45) is 4.74. The highest BCUT2D eigenvalue weighted by atomic mass is 16.7. The predicted octanol–water partition coefficient (Wildman–Crippen LogP) is 2.35. The van der Waals surface area contributed by atoms with Crippen molar-refractivity contribution < 1.29 is 9.47 Å². The zero-order chi connectivity index (χ0) is 14.1. The minimum atomic E-state index is 0.302. The molecule has 0 aliphatic carbocycles. The highest BCUT2D eigenvalue weighted by Crippen LogP contribution is 2.34. The molecular formula is C15H18N4O2. The van der Waals surface area contributed by atoms with E-state index >= 15 is 0 Å². The van der Waals surface area contributed by atoms with Gasteiger partial charge >= 0.3 is 0 Å². The second kappa shape index (κ2) is 5.27. The smallest absolute Gasteiger partial charge is 0.231 e. The molecule has 0 saturated heterocycles. The molecule has 110 valence electrons. The molecule has 0 fully saturated rings. The highest BCUT2D eigenvalue weighted by molar-refractivity contribution is 5.55. The molecule has 2 aliphatic heterocycles. The lowest BCUT2D eigenvalue weighted by molar-refractivity contribution is 0.174. The molecule has 1 aromatic heterocycles. The van der Waals surface area contributed by atoms with Crippen molar-refractivity contribution >= 4 is 5.69 Å². The van der Waals surface area contributed by atoms with Crippen LogP contribution in [-0.4, -0.2) is 21.6 Å². The molecule has 0 spiro atoms. The first-order chi connectivity index (χ1) is 10.4. The van der Waals surface area contributed by atoms with Gasteiger partial charge in [0.05, 0.1) is 6.54 Å². The van der Waals surface area contributed by atoms with Crippen molar-refractivity contribution in [2.75, 3.05) is 12.1 Å². The van der Waals surface area contributed by atoms with Crippen molar-refractivity contribution in [3.05, 3.63) is 29.8 Å². The number of nitrogens with one attached hydrogen (secondary N) is 1. The fourth-order valence-electron chi connectivity index (χ4n) is 2.86. The summed E-state index contributed by atoms with van der Waals surface area (Å²) >= 11 is 0. The summed E-state index contributed by atoms with van der Waals surface area (Å²) in [6.45, 7) is 2.00. The third-order valence-corrected chi connectivity index (χ3v) is 4.01. The van der Waals surface area contributed by atoms with E-state index in [-0.39, 0.29) is 0 Å². The number of rotatable bonds is 3. The zero-order valence-electron chi connectivity index (χ0n) is 11.8. The lowest BCUT2D eigenvalue weighted by Gasteiger charge is -2.09. The van der Waals surface area contributed by atoms with Gasteiger partial charge < -0.3 is 19.4 Å². The Hall–Kier alpha value is -2.24. The maximum atomic E-state index is 5.39. The van der Waals surface area contributed by atoms with E-state index in [1.54, 1.807) is 0 Å². The number of fused-ring (bicyclic) bond motifs is 2. The number of nitrogens with zero attached hydrogens (tertiary/aromatic N) is 3. The van der Waals surface area contributed by atoms with Gasteiger partial charge in [0.1, 0.15) is 5.82 Å². The van der Waals surface area contributed by atoms with Gasteiger partial charge in [-0.05, 0) is 25.0 Å². The normalized spacial score (nSPS) is 16.4. The Bertz CT molecular complexity index is 653. The zero-order valence-corrected chi connectivity index (χ0v) is 11.8. The first kappa shape index (κ1) is 12.5. The van der Waals surface area contributed by atoms with Gasteiger partial charge in [-0.2, -0.15) is 0 Å². The van der Waals surface area contributed by atoms with E-state index in [2.05, 4.69) is 20.1 Å². The minimum Gasteiger partial charge on any atom is -0.454 e. The molecule has 3 heterocycles. The molecule has 2 aliphatic rings. The molecule has 0 atom stereocenters. The Labute approximate surface area is 123 Å². The standard InChI is InChI=1S/C15H18N4O2/c1-2-4-14-17-18-15(19(14)7-3-1)9-16-11-5-6-12-13(8-11)21-10-20-12/h5-6,8,16H,1-4,7,9-10H2. The molecule has 1 aromatic carbocycles. The molecule has 0 amide bonds. The first-order valence-corrected chi connectivity index (χ1v) is 7.44. The van der Waals surface area contributed by atoms with Crippen molar-refractivity contribution in [2.45, 2.75) is 38.8 Å². The minimum absolute atomic E-state index is 0.302. The quantitative estimate of drug-likeness (QED) is 0.938. The average Bonchev–Trinajstić information content (AvgIpc) is 3.05. The third-order valence-electron chi connectivity index (χ3n) is 4.01. The van der Waals surface area contributed by atoms with Gasteiger partial charge in [0.2, 0.25) is 6.79 Å². The van der Waals surface area contributed by atoms with Crippen molar-refractivity contribution in [1.29, 1.82) is 0 Å². The molecule has 1 N–H and O–H groups in total. The number of anilines is 1. The van der Waals surface area contributed by atoms with Crippen molar-refractivity contribution in [3.63, 3.8) is 0 Å². The SMILES string of the molecule is c1cc2c(cc1NCc1nnc3n1CCCCC3)OCO2. The van der Waals surface area contributed by atoms with Gasteiger partial charge in [-0.15, -0.1) is 10.2 Å². The predicted molar refractivity (Wildman–Crippen MR) is 77.5 cm³/mol. The molecule has 0 saturated carbocycles. The van der Waals surface area contributed by atoms with Crippen LogP contribution in [0.15, 0.2) is 18.2 Å². The van der Waals surface area contributed by atoms with Gasteiger partial charge in [-0.3, -0.25) is 0 Å². The van der Waals surface area contributed by atoms with E-state index in [0.29, 0.717) is 13.3 Å². The number of benzene rings is 1. The van der Waals surface area contributed by atoms with Crippen molar-refractivity contribution in [1.82, 2.24) is 14.8 Å². The topological polar surface area (TPSA) is 61.2 Å². The summed E-state index contributed by atoms with van der Waals surface area (Å²) < 4.78 is 13.0. The van der Waals surface area contributed by atoms with Crippen LogP contribution in [0.1, 0.15) is 30.9 Å². The van der Waals surface area contributed by atoms with Crippen LogP contribution < -0.4 is 14.8 Å². The number of aryl methyl sites for hydroxylation is 1. The van der Waals surface area contributed by atoms with Crippen LogP contribution in [0.4, 0.5) is 5.69 Å². The molecule has 0 unspecified atom stereocenters. The molecular weight excluding hydrogens is 268 g/mol. The van der Waals surface area contributed by atoms with Gasteiger partial charge in [-0.25, -0.2) is 0 Å². The fraction of sp³-hybridized carbons (Fsp3) is 0.467. The summed E-state index contributed by atoms with van der Waals surface area (Å²) in [4.78, 5) is 0. The van der Waals surface area contributed by atoms with Crippen LogP contribution in [-0.2, 0) is 19.5 Å². The highest BCUT2D eigenvalue weighted by Gasteiger charge is 2.16. The lowest BCUT2D eigenvalue weighted by atomic mass is 10.2. The van der Waals surface area contributed by atoms with Crippen LogP contribution in [0, 0.1) is 0 Å². The monoisotopic (exact) mass is 286 g/mol. The Morgan fingerprint density at radius 1 is 1.10 bits per heavy atom. The summed E-state index contributed by atoms with van der Waals surface area (Å²) in [5, 5.41) is 12.0. The first-order valence-electron chi connectivity index (χ1n) is 7.44. The molecule has 6 heteroatoms. The molecule has 0 radical (unpaired) electrons. The van der Waals surface area contributed by atoms with Crippen LogP contribution in [0.2, 0.25) is 0 Å². The maximum absolute atomic E-state index is 5.39. The van der Waals surface area contributed by atoms with Crippen molar-refractivity contribution in [3.8, 4) is 11.5 Å². The second-order valence-corrected chi connectivity index (χ2v) is 5.42. The van der Waals surface area contributed by atoms with E-state index in [1.807, 2.05) is 18.2 Å². The Kier molecular flexibility index (Phi) is 3.14. The summed E-state index contributed by atoms with van der Waals surface area (Å²) in [5.41, 5.74) is 1.00. The Morgan fingerprint density at radius 2 is 2.05 bits per heavy atom. The van der Waals surface area contributed by atoms with Crippen LogP contribution >= 0.6 is 0 Å². The third kappa shape index (κ3) is 2.41. The largest absolute Gasteiger partial charge is 0.454 e. The lowest BCUT2D eigenvalue weighted by Crippen LogP contribution is -2.10. The molecule has 4 rings (SSSR count). The summed E-state index contributed by atoms with van der Waals surface area (Å²) in [5.74, 6) is 3.72. The average molecular weight is 286 g/mol. The van der Waals surface area contributed by atoms with E-state index < -0.39 is 0 Å². The van der Waals surface area contributed by atoms with E-state index in [9.17, 15) is 0 Å². The Balaban J connectivity index is 1.48. The summed E-state index contributed by atoms with van der Waals surface area (Å²) in [6, 6.07) is 5.88. The maximum Gasteiger partial charge on any atom is 0.231 e. The van der Waals surface area contributed by atoms with Crippen LogP contribution in [0.5, 0.6) is 11.5 Å². The molecule has 6 nitrogen and oxygen atoms in total. The van der Waals surface area contributed by atoms with Crippen molar-refractivity contribution in [2.24, 2.45) is 0 Å². The second-order valence-electron chi connectivity index (χ2n) is 5.42. The van der Waals surface area contributed by atoms with Crippen LogP contribution in [0.3, 0.4) is 0 Å². The summed E-state index contributed by atoms with van der Waals surface area (Å²) in [7, 11) is 0. The van der Waals surface area contributed by atoms with Crippen LogP contribution in [0.25, 0.3) is 0 Å². The molecule has 2 aromatic rings. The number of ether oxygens (including phenoxy) is 2. The number of aromatic nitrogens is 3. The number of hydrogen-bond acceptors (Lipinski definition) is 5. The number of hydrogen-bond donors (Lipinski definition) is 1. The Morgan fingerprint density at radius 3 is 3.05 bits per heavy atom.